The number of fused-ring (bicyclic) bond motifs is 1. The molecule has 0 aliphatic carbocycles. The minimum atomic E-state index is -3.16. The first-order valence-electron chi connectivity index (χ1n) is 4.79. The van der Waals surface area contributed by atoms with E-state index in [4.69, 9.17) is 0 Å². The van der Waals surface area contributed by atoms with Crippen molar-refractivity contribution >= 4 is 26.3 Å². The molecule has 0 fully saturated rings. The Hall–Kier alpha value is -0.990. The summed E-state index contributed by atoms with van der Waals surface area (Å²) < 4.78 is 26.6. The van der Waals surface area contributed by atoms with Crippen LogP contribution in [0.25, 0.3) is 4.96 Å². The number of nitrogens with one attached hydrogen (secondary N) is 1. The van der Waals surface area contributed by atoms with Crippen molar-refractivity contribution in [2.75, 3.05) is 5.75 Å². The molecule has 0 unspecified atom stereocenters. The average Bonchev–Trinajstić information content (AvgIpc) is 2.71. The summed E-state index contributed by atoms with van der Waals surface area (Å²) in [6, 6.07) is 0. The minimum Gasteiger partial charge on any atom is -0.223 e. The summed E-state index contributed by atoms with van der Waals surface area (Å²) in [5.74, 6) is 0.0780. The molecular formula is C8H12N4O2S2. The Labute approximate surface area is 97.4 Å². The highest BCUT2D eigenvalue weighted by Gasteiger charge is 2.10. The maximum absolute atomic E-state index is 11.2. The second-order valence-electron chi connectivity index (χ2n) is 3.33. The van der Waals surface area contributed by atoms with Crippen LogP contribution in [0.3, 0.4) is 0 Å². The lowest BCUT2D eigenvalue weighted by atomic mass is 10.6. The van der Waals surface area contributed by atoms with Crippen molar-refractivity contribution in [3.8, 4) is 0 Å². The zero-order chi connectivity index (χ0) is 11.8. The van der Waals surface area contributed by atoms with E-state index in [-0.39, 0.29) is 12.3 Å². The maximum Gasteiger partial charge on any atom is 0.212 e. The fourth-order valence-electron chi connectivity index (χ4n) is 1.20. The first kappa shape index (κ1) is 11.5. The summed E-state index contributed by atoms with van der Waals surface area (Å²) in [7, 11) is -3.16. The molecule has 2 aromatic heterocycles. The lowest BCUT2D eigenvalue weighted by Gasteiger charge is -1.99. The number of rotatable bonds is 4. The third-order valence-corrected chi connectivity index (χ3v) is 4.30. The number of aryl methyl sites for hydroxylation is 1. The predicted molar refractivity (Wildman–Crippen MR) is 61.9 cm³/mol. The Kier molecular flexibility index (Phi) is 2.96. The molecule has 0 radical (unpaired) electrons. The Bertz CT molecular complexity index is 567. The first-order valence-corrected chi connectivity index (χ1v) is 7.26. The van der Waals surface area contributed by atoms with E-state index < -0.39 is 10.0 Å². The zero-order valence-electron chi connectivity index (χ0n) is 8.97. The van der Waals surface area contributed by atoms with Crippen molar-refractivity contribution in [3.63, 3.8) is 0 Å². The fraction of sp³-hybridized carbons (Fsp3) is 0.500. The smallest absolute Gasteiger partial charge is 0.212 e. The van der Waals surface area contributed by atoms with Crippen molar-refractivity contribution in [3.05, 3.63) is 16.9 Å². The van der Waals surface area contributed by atoms with Gasteiger partial charge in [0.15, 0.2) is 0 Å². The molecule has 0 amide bonds. The van der Waals surface area contributed by atoms with Crippen LogP contribution in [0.15, 0.2) is 6.20 Å². The zero-order valence-corrected chi connectivity index (χ0v) is 10.6. The van der Waals surface area contributed by atoms with Crippen LogP contribution in [0.1, 0.15) is 17.6 Å². The summed E-state index contributed by atoms with van der Waals surface area (Å²) in [4.78, 5) is 5.02. The van der Waals surface area contributed by atoms with E-state index in [9.17, 15) is 8.42 Å². The van der Waals surface area contributed by atoms with Crippen LogP contribution in [-0.4, -0.2) is 28.8 Å². The first-order chi connectivity index (χ1) is 7.50. The van der Waals surface area contributed by atoms with Gasteiger partial charge in [0.25, 0.3) is 0 Å². The van der Waals surface area contributed by atoms with Gasteiger partial charge in [-0.05, 0) is 13.8 Å². The Morgan fingerprint density at radius 2 is 2.31 bits per heavy atom. The molecule has 0 spiro atoms. The van der Waals surface area contributed by atoms with Gasteiger partial charge in [0.1, 0.15) is 5.01 Å². The van der Waals surface area contributed by atoms with Crippen LogP contribution in [0, 0.1) is 6.92 Å². The van der Waals surface area contributed by atoms with E-state index in [0.29, 0.717) is 5.01 Å². The second-order valence-corrected chi connectivity index (χ2v) is 6.47. The largest absolute Gasteiger partial charge is 0.223 e. The van der Waals surface area contributed by atoms with E-state index >= 15 is 0 Å². The Morgan fingerprint density at radius 3 is 2.94 bits per heavy atom. The van der Waals surface area contributed by atoms with Crippen molar-refractivity contribution in [1.29, 1.82) is 0 Å². The molecule has 0 aliphatic heterocycles. The summed E-state index contributed by atoms with van der Waals surface area (Å²) >= 11 is 1.38. The van der Waals surface area contributed by atoms with Crippen molar-refractivity contribution in [1.82, 2.24) is 19.3 Å². The minimum absolute atomic E-state index is 0.0780. The molecular weight excluding hydrogens is 248 g/mol. The van der Waals surface area contributed by atoms with Gasteiger partial charge in [0.2, 0.25) is 15.0 Å². The fourth-order valence-corrected chi connectivity index (χ4v) is 2.71. The molecule has 0 atom stereocenters. The average molecular weight is 260 g/mol. The van der Waals surface area contributed by atoms with Crippen LogP contribution < -0.4 is 4.72 Å². The second kappa shape index (κ2) is 4.11. The normalized spacial score (nSPS) is 12.4. The lowest BCUT2D eigenvalue weighted by Crippen LogP contribution is -2.24. The highest BCUT2D eigenvalue weighted by Crippen LogP contribution is 2.14. The summed E-state index contributed by atoms with van der Waals surface area (Å²) in [6.07, 6.45) is 1.81. The lowest BCUT2D eigenvalue weighted by molar-refractivity contribution is 0.582. The van der Waals surface area contributed by atoms with E-state index in [2.05, 4.69) is 14.8 Å². The van der Waals surface area contributed by atoms with Gasteiger partial charge in [-0.2, -0.15) is 5.10 Å². The van der Waals surface area contributed by atoms with Gasteiger partial charge in [-0.15, -0.1) is 0 Å². The molecule has 0 saturated carbocycles. The van der Waals surface area contributed by atoms with Gasteiger partial charge < -0.3 is 0 Å². The molecule has 88 valence electrons. The van der Waals surface area contributed by atoms with Crippen LogP contribution >= 0.6 is 11.3 Å². The molecule has 0 aromatic carbocycles. The summed E-state index contributed by atoms with van der Waals surface area (Å²) in [5, 5.41) is 4.92. The van der Waals surface area contributed by atoms with Gasteiger partial charge in [-0.1, -0.05) is 11.3 Å². The van der Waals surface area contributed by atoms with E-state index in [1.54, 1.807) is 11.4 Å². The molecule has 0 saturated heterocycles. The standard InChI is InChI=1S/C8H12N4O2S2/c1-3-16(13,14)9-4-7-11-12-5-6(2)10-8(12)15-7/h5,9H,3-4H2,1-2H3. The summed E-state index contributed by atoms with van der Waals surface area (Å²) in [6.45, 7) is 3.71. The van der Waals surface area contributed by atoms with E-state index in [1.807, 2.05) is 13.1 Å². The highest BCUT2D eigenvalue weighted by atomic mass is 32.2. The molecule has 8 heteroatoms. The SMILES string of the molecule is CCS(=O)(=O)NCc1nn2cc(C)nc2s1. The molecule has 2 heterocycles. The van der Waals surface area contributed by atoms with Gasteiger partial charge in [0, 0.05) is 0 Å². The molecule has 2 rings (SSSR count). The number of imidazole rings is 1. The van der Waals surface area contributed by atoms with Gasteiger partial charge in [-0.25, -0.2) is 22.6 Å². The van der Waals surface area contributed by atoms with Crippen molar-refractivity contribution in [2.24, 2.45) is 0 Å². The van der Waals surface area contributed by atoms with E-state index in [0.717, 1.165) is 10.7 Å². The number of hydrogen-bond donors (Lipinski definition) is 1. The van der Waals surface area contributed by atoms with Crippen molar-refractivity contribution < 1.29 is 8.42 Å². The molecule has 0 aliphatic rings. The number of nitrogens with zero attached hydrogens (tertiary/aromatic N) is 3. The van der Waals surface area contributed by atoms with Gasteiger partial charge in [0.05, 0.1) is 24.2 Å². The van der Waals surface area contributed by atoms with Gasteiger partial charge >= 0.3 is 0 Å². The van der Waals surface area contributed by atoms with Crippen molar-refractivity contribution in [2.45, 2.75) is 20.4 Å². The van der Waals surface area contributed by atoms with Crippen LogP contribution in [0.4, 0.5) is 0 Å². The highest BCUT2D eigenvalue weighted by molar-refractivity contribution is 7.89. The monoisotopic (exact) mass is 260 g/mol. The third-order valence-electron chi connectivity index (χ3n) is 2.03. The maximum atomic E-state index is 11.2. The quantitative estimate of drug-likeness (QED) is 0.870. The molecule has 1 N–H and O–H groups in total. The Balaban J connectivity index is 2.13. The number of hydrogen-bond acceptors (Lipinski definition) is 5. The molecule has 6 nitrogen and oxygen atoms in total. The molecule has 0 bridgehead atoms. The van der Waals surface area contributed by atoms with Crippen LogP contribution in [0.2, 0.25) is 0 Å². The number of sulfonamides is 1. The van der Waals surface area contributed by atoms with Gasteiger partial charge in [-0.3, -0.25) is 0 Å². The summed E-state index contributed by atoms with van der Waals surface area (Å²) in [5.41, 5.74) is 0.902. The van der Waals surface area contributed by atoms with E-state index in [1.165, 1.54) is 11.3 Å². The molecule has 16 heavy (non-hydrogen) atoms. The number of aromatic nitrogens is 3. The topological polar surface area (TPSA) is 76.4 Å². The Morgan fingerprint density at radius 1 is 1.56 bits per heavy atom. The predicted octanol–water partition coefficient (Wildman–Crippen LogP) is 0.539. The van der Waals surface area contributed by atoms with Crippen LogP contribution in [-0.2, 0) is 16.6 Å². The molecule has 2 aromatic rings. The van der Waals surface area contributed by atoms with Crippen LogP contribution in [0.5, 0.6) is 0 Å². The third kappa shape index (κ3) is 2.39.